The number of alkyl halides is 3. The van der Waals surface area contributed by atoms with Gasteiger partial charge in [0.2, 0.25) is 0 Å². The Morgan fingerprint density at radius 3 is 2.63 bits per heavy atom. The lowest BCUT2D eigenvalue weighted by Gasteiger charge is -2.17. The molecule has 9 heteroatoms. The summed E-state index contributed by atoms with van der Waals surface area (Å²) in [5, 5.41) is 3.68. The van der Waals surface area contributed by atoms with E-state index in [1.54, 1.807) is 24.3 Å². The molecule has 0 bridgehead atoms. The zero-order valence-corrected chi connectivity index (χ0v) is 15.7. The zero-order valence-electron chi connectivity index (χ0n) is 14.1. The van der Waals surface area contributed by atoms with Gasteiger partial charge in [-0.3, -0.25) is 4.90 Å². The van der Waals surface area contributed by atoms with Crippen LogP contribution in [0.25, 0.3) is 0 Å². The van der Waals surface area contributed by atoms with E-state index in [-0.39, 0.29) is 10.9 Å². The van der Waals surface area contributed by atoms with E-state index >= 15 is 0 Å². The Labute approximate surface area is 163 Å². The number of nitrogens with zero attached hydrogens (tertiary/aromatic N) is 2. The van der Waals surface area contributed by atoms with Crippen molar-refractivity contribution in [2.24, 2.45) is 4.99 Å². The number of thioether (sulfide) groups is 1. The Balaban J connectivity index is 1.79. The number of hydrogen-bond acceptors (Lipinski definition) is 3. The smallest absolute Gasteiger partial charge is 0.307 e. The van der Waals surface area contributed by atoms with E-state index < -0.39 is 17.8 Å². The van der Waals surface area contributed by atoms with E-state index in [4.69, 9.17) is 11.6 Å². The first-order valence-electron chi connectivity index (χ1n) is 7.99. The molecule has 27 heavy (non-hydrogen) atoms. The molecule has 0 aliphatic carbocycles. The molecule has 1 aliphatic heterocycles. The maximum Gasteiger partial charge on any atom is 0.416 e. The second-order valence-electron chi connectivity index (χ2n) is 5.92. The minimum absolute atomic E-state index is 0.0743. The molecule has 1 saturated heterocycles. The number of aliphatic imine (C=N–C) groups is 1. The third kappa shape index (κ3) is 4.95. The quantitative estimate of drug-likeness (QED) is 0.654. The summed E-state index contributed by atoms with van der Waals surface area (Å²) >= 11 is 7.28. The molecular weight excluding hydrogens is 399 g/mol. The standard InChI is InChI=1S/C18H15ClF3N3OS/c1-11-10-25(17(27-11)24-14-7-5-13(19)6-8-14)16(26)23-15-4-2-3-12(9-15)18(20,21)22/h2-9,11H,10H2,1H3,(H,23,26)/t11-/m1/s1. The van der Waals surface area contributed by atoms with Gasteiger partial charge in [-0.05, 0) is 42.5 Å². The Morgan fingerprint density at radius 2 is 1.96 bits per heavy atom. The van der Waals surface area contributed by atoms with Crippen molar-refractivity contribution in [3.05, 3.63) is 59.1 Å². The molecule has 1 heterocycles. The van der Waals surface area contributed by atoms with Crippen molar-refractivity contribution in [1.29, 1.82) is 0 Å². The number of anilines is 1. The summed E-state index contributed by atoms with van der Waals surface area (Å²) in [6.45, 7) is 2.35. The van der Waals surface area contributed by atoms with Crippen LogP contribution >= 0.6 is 23.4 Å². The van der Waals surface area contributed by atoms with Crippen LogP contribution in [0.4, 0.5) is 29.3 Å². The van der Waals surface area contributed by atoms with Crippen molar-refractivity contribution >= 4 is 45.9 Å². The van der Waals surface area contributed by atoms with Gasteiger partial charge in [0.15, 0.2) is 5.17 Å². The minimum Gasteiger partial charge on any atom is -0.307 e. The highest BCUT2D eigenvalue weighted by molar-refractivity contribution is 8.14. The summed E-state index contributed by atoms with van der Waals surface area (Å²) in [5.41, 5.74) is -0.113. The number of urea groups is 1. The molecular formula is C18H15ClF3N3OS. The molecule has 1 aliphatic rings. The molecule has 0 saturated carbocycles. The first-order chi connectivity index (χ1) is 12.7. The van der Waals surface area contributed by atoms with Crippen LogP contribution in [0.3, 0.4) is 0 Å². The largest absolute Gasteiger partial charge is 0.416 e. The number of amides is 2. The lowest BCUT2D eigenvalue weighted by Crippen LogP contribution is -2.36. The van der Waals surface area contributed by atoms with Gasteiger partial charge in [0, 0.05) is 22.5 Å². The molecule has 1 fully saturated rings. The Kier molecular flexibility index (Phi) is 5.67. The number of carbonyl (C=O) groups excluding carboxylic acids is 1. The van der Waals surface area contributed by atoms with Crippen molar-refractivity contribution < 1.29 is 18.0 Å². The number of rotatable bonds is 2. The summed E-state index contributed by atoms with van der Waals surface area (Å²) < 4.78 is 38.5. The van der Waals surface area contributed by atoms with Gasteiger partial charge >= 0.3 is 12.2 Å². The van der Waals surface area contributed by atoms with Crippen LogP contribution in [-0.2, 0) is 6.18 Å². The van der Waals surface area contributed by atoms with Gasteiger partial charge in [-0.2, -0.15) is 13.2 Å². The lowest BCUT2D eigenvalue weighted by atomic mass is 10.2. The second kappa shape index (κ2) is 7.82. The van der Waals surface area contributed by atoms with Gasteiger partial charge in [0.25, 0.3) is 0 Å². The summed E-state index contributed by atoms with van der Waals surface area (Å²) in [6.07, 6.45) is -4.47. The normalized spacial score (nSPS) is 18.8. The van der Waals surface area contributed by atoms with E-state index in [0.717, 1.165) is 12.1 Å². The highest BCUT2D eigenvalue weighted by Gasteiger charge is 2.32. The van der Waals surface area contributed by atoms with Crippen LogP contribution in [0, 0.1) is 0 Å². The molecule has 0 radical (unpaired) electrons. The van der Waals surface area contributed by atoms with Crippen molar-refractivity contribution in [2.45, 2.75) is 18.3 Å². The fourth-order valence-electron chi connectivity index (χ4n) is 2.46. The van der Waals surface area contributed by atoms with Crippen LogP contribution in [0.15, 0.2) is 53.5 Å². The van der Waals surface area contributed by atoms with E-state index in [0.29, 0.717) is 22.4 Å². The molecule has 2 aromatic carbocycles. The van der Waals surface area contributed by atoms with Crippen LogP contribution in [0.5, 0.6) is 0 Å². The summed E-state index contributed by atoms with van der Waals surface area (Å²) in [5.74, 6) is 0. The maximum absolute atomic E-state index is 12.8. The van der Waals surface area contributed by atoms with Gasteiger partial charge in [0.05, 0.1) is 11.3 Å². The van der Waals surface area contributed by atoms with Crippen molar-refractivity contribution in [3.63, 3.8) is 0 Å². The Bertz CT molecular complexity index is 871. The SMILES string of the molecule is C[C@@H]1CN(C(=O)Nc2cccc(C(F)(F)F)c2)C(=Nc2ccc(Cl)cc2)S1. The van der Waals surface area contributed by atoms with Crippen LogP contribution < -0.4 is 5.32 Å². The molecule has 3 rings (SSSR count). The van der Waals surface area contributed by atoms with E-state index in [2.05, 4.69) is 10.3 Å². The number of amidine groups is 1. The van der Waals surface area contributed by atoms with Crippen molar-refractivity contribution in [2.75, 3.05) is 11.9 Å². The predicted octanol–water partition coefficient (Wildman–Crippen LogP) is 6.02. The molecule has 0 unspecified atom stereocenters. The third-order valence-corrected chi connectivity index (χ3v) is 5.04. The highest BCUT2D eigenvalue weighted by atomic mass is 35.5. The number of nitrogens with one attached hydrogen (secondary N) is 1. The van der Waals surface area contributed by atoms with Crippen LogP contribution in [-0.4, -0.2) is 27.9 Å². The Morgan fingerprint density at radius 1 is 1.26 bits per heavy atom. The monoisotopic (exact) mass is 413 g/mol. The van der Waals surface area contributed by atoms with Gasteiger partial charge in [0.1, 0.15) is 0 Å². The molecule has 2 amide bonds. The topological polar surface area (TPSA) is 44.7 Å². The van der Waals surface area contributed by atoms with Gasteiger partial charge < -0.3 is 5.32 Å². The highest BCUT2D eigenvalue weighted by Crippen LogP contribution is 2.32. The van der Waals surface area contributed by atoms with Crippen molar-refractivity contribution in [3.8, 4) is 0 Å². The first kappa shape index (κ1) is 19.6. The average Bonchev–Trinajstić information content (AvgIpc) is 2.97. The summed E-state index contributed by atoms with van der Waals surface area (Å²) in [7, 11) is 0. The van der Waals surface area contributed by atoms with Crippen LogP contribution in [0.1, 0.15) is 12.5 Å². The number of benzene rings is 2. The molecule has 1 N–H and O–H groups in total. The maximum atomic E-state index is 12.8. The van der Waals surface area contributed by atoms with E-state index in [9.17, 15) is 18.0 Å². The first-order valence-corrected chi connectivity index (χ1v) is 9.25. The number of carbonyl (C=O) groups is 1. The zero-order chi connectivity index (χ0) is 19.6. The van der Waals surface area contributed by atoms with Gasteiger partial charge in [-0.1, -0.05) is 36.4 Å². The fourth-order valence-corrected chi connectivity index (χ4v) is 3.62. The summed E-state index contributed by atoms with van der Waals surface area (Å²) in [4.78, 5) is 18.5. The summed E-state index contributed by atoms with van der Waals surface area (Å²) in [6, 6.07) is 10.8. The van der Waals surface area contributed by atoms with E-state index in [1.165, 1.54) is 28.8 Å². The van der Waals surface area contributed by atoms with Gasteiger partial charge in [-0.25, -0.2) is 9.79 Å². The Hall–Kier alpha value is -2.19. The third-order valence-electron chi connectivity index (χ3n) is 3.71. The minimum atomic E-state index is -4.47. The lowest BCUT2D eigenvalue weighted by molar-refractivity contribution is -0.137. The number of hydrogen-bond donors (Lipinski definition) is 1. The molecule has 1 atom stereocenters. The predicted molar refractivity (Wildman–Crippen MR) is 103 cm³/mol. The van der Waals surface area contributed by atoms with Gasteiger partial charge in [-0.15, -0.1) is 0 Å². The molecule has 2 aromatic rings. The van der Waals surface area contributed by atoms with Crippen LogP contribution in [0.2, 0.25) is 5.02 Å². The van der Waals surface area contributed by atoms with Crippen molar-refractivity contribution in [1.82, 2.24) is 4.90 Å². The average molecular weight is 414 g/mol. The molecule has 0 aromatic heterocycles. The number of halogens is 4. The van der Waals surface area contributed by atoms with E-state index in [1.807, 2.05) is 6.92 Å². The molecule has 4 nitrogen and oxygen atoms in total. The second-order valence-corrected chi connectivity index (χ2v) is 7.76. The molecule has 0 spiro atoms. The fraction of sp³-hybridized carbons (Fsp3) is 0.222. The molecule has 142 valence electrons.